The molecule has 168 valence electrons. The number of pyridine rings is 1. The Morgan fingerprint density at radius 2 is 1.72 bits per heavy atom. The highest BCUT2D eigenvalue weighted by molar-refractivity contribution is 5.95. The minimum absolute atomic E-state index is 0.286. The number of rotatable bonds is 6. The summed E-state index contributed by atoms with van der Waals surface area (Å²) in [6, 6.07) is 13.9. The standard InChI is InChI=1S/C25H28F2N4O/c1-31(2)22-14-23(30-21-9-4-3-6-18(21)22)29-17-12-10-16(11-13-17)15-28-25(32)24-19(26)7-5-8-20(24)27/h3-9,14,16-17H,10-13,15H2,1-2H3,(H,28,32)(H,29,30)/t16-,17+. The van der Waals surface area contributed by atoms with Crippen molar-refractivity contribution < 1.29 is 13.6 Å². The van der Waals surface area contributed by atoms with E-state index < -0.39 is 23.1 Å². The van der Waals surface area contributed by atoms with Crippen molar-refractivity contribution in [3.8, 4) is 0 Å². The summed E-state index contributed by atoms with van der Waals surface area (Å²) in [6.45, 7) is 0.415. The molecule has 1 fully saturated rings. The van der Waals surface area contributed by atoms with Gasteiger partial charge in [-0.3, -0.25) is 4.79 Å². The number of anilines is 2. The van der Waals surface area contributed by atoms with Gasteiger partial charge in [0, 0.05) is 43.8 Å². The lowest BCUT2D eigenvalue weighted by molar-refractivity contribution is 0.0935. The summed E-state index contributed by atoms with van der Waals surface area (Å²) in [5, 5.41) is 7.39. The fourth-order valence-corrected chi connectivity index (χ4v) is 4.36. The number of halogens is 2. The van der Waals surface area contributed by atoms with Gasteiger partial charge in [-0.05, 0) is 49.8 Å². The number of benzene rings is 2. The fraction of sp³-hybridized carbons (Fsp3) is 0.360. The molecule has 5 nitrogen and oxygen atoms in total. The number of amides is 1. The predicted octanol–water partition coefficient (Wildman–Crippen LogP) is 4.98. The highest BCUT2D eigenvalue weighted by atomic mass is 19.1. The molecule has 0 radical (unpaired) electrons. The topological polar surface area (TPSA) is 57.3 Å². The first kappa shape index (κ1) is 22.0. The summed E-state index contributed by atoms with van der Waals surface area (Å²) in [6.07, 6.45) is 3.73. The summed E-state index contributed by atoms with van der Waals surface area (Å²) in [5.41, 5.74) is 1.56. The van der Waals surface area contributed by atoms with Crippen LogP contribution in [0.3, 0.4) is 0 Å². The van der Waals surface area contributed by atoms with Crippen LogP contribution >= 0.6 is 0 Å². The average molecular weight is 439 g/mol. The number of fused-ring (bicyclic) bond motifs is 1. The molecule has 0 aliphatic heterocycles. The van der Waals surface area contributed by atoms with Gasteiger partial charge < -0.3 is 15.5 Å². The molecule has 0 atom stereocenters. The average Bonchev–Trinajstić information content (AvgIpc) is 2.78. The normalized spacial score (nSPS) is 18.4. The molecule has 7 heteroatoms. The lowest BCUT2D eigenvalue weighted by Crippen LogP contribution is -2.34. The van der Waals surface area contributed by atoms with E-state index in [1.54, 1.807) is 0 Å². The second-order valence-corrected chi connectivity index (χ2v) is 8.61. The third-order valence-electron chi connectivity index (χ3n) is 6.12. The number of hydrogen-bond acceptors (Lipinski definition) is 4. The third-order valence-corrected chi connectivity index (χ3v) is 6.12. The van der Waals surface area contributed by atoms with Crippen molar-refractivity contribution in [2.45, 2.75) is 31.7 Å². The van der Waals surface area contributed by atoms with Gasteiger partial charge in [0.2, 0.25) is 0 Å². The molecule has 1 aromatic heterocycles. The second-order valence-electron chi connectivity index (χ2n) is 8.61. The van der Waals surface area contributed by atoms with Gasteiger partial charge in [-0.1, -0.05) is 24.3 Å². The van der Waals surface area contributed by atoms with E-state index in [1.807, 2.05) is 32.3 Å². The van der Waals surface area contributed by atoms with Crippen LogP contribution in [0, 0.1) is 17.6 Å². The first-order valence-electron chi connectivity index (χ1n) is 11.0. The molecule has 0 unspecified atom stereocenters. The molecule has 0 saturated heterocycles. The summed E-state index contributed by atoms with van der Waals surface area (Å²) < 4.78 is 27.6. The van der Waals surface area contributed by atoms with E-state index in [9.17, 15) is 13.6 Å². The van der Waals surface area contributed by atoms with Gasteiger partial charge in [0.15, 0.2) is 0 Å². The molecule has 4 rings (SSSR count). The largest absolute Gasteiger partial charge is 0.377 e. The van der Waals surface area contributed by atoms with Gasteiger partial charge in [0.05, 0.1) is 5.52 Å². The van der Waals surface area contributed by atoms with E-state index in [2.05, 4.69) is 27.7 Å². The molecule has 0 bridgehead atoms. The van der Waals surface area contributed by atoms with Crippen LogP contribution in [0.4, 0.5) is 20.3 Å². The van der Waals surface area contributed by atoms with Crippen LogP contribution < -0.4 is 15.5 Å². The SMILES string of the molecule is CN(C)c1cc(N[C@H]2CC[C@@H](CNC(=O)c3c(F)cccc3F)CC2)nc2ccccc12. The molecule has 0 spiro atoms. The Hall–Kier alpha value is -3.22. The van der Waals surface area contributed by atoms with Crippen LogP contribution in [0.25, 0.3) is 10.9 Å². The van der Waals surface area contributed by atoms with Gasteiger partial charge in [-0.25, -0.2) is 13.8 Å². The Balaban J connectivity index is 1.33. The van der Waals surface area contributed by atoms with Gasteiger partial charge in [0.1, 0.15) is 23.0 Å². The molecule has 3 aromatic rings. The molecule has 1 aliphatic carbocycles. The lowest BCUT2D eigenvalue weighted by atomic mass is 9.86. The molecule has 32 heavy (non-hydrogen) atoms. The van der Waals surface area contributed by atoms with Gasteiger partial charge in [-0.15, -0.1) is 0 Å². The van der Waals surface area contributed by atoms with Crippen molar-refractivity contribution in [1.82, 2.24) is 10.3 Å². The van der Waals surface area contributed by atoms with Gasteiger partial charge in [0.25, 0.3) is 5.91 Å². The smallest absolute Gasteiger partial charge is 0.257 e. The first-order chi connectivity index (χ1) is 15.4. The van der Waals surface area contributed by atoms with Crippen molar-refractivity contribution in [1.29, 1.82) is 0 Å². The summed E-state index contributed by atoms with van der Waals surface area (Å²) in [5.74, 6) is -1.23. The molecule has 2 aromatic carbocycles. The van der Waals surface area contributed by atoms with Crippen LogP contribution in [-0.4, -0.2) is 37.6 Å². The number of nitrogens with one attached hydrogen (secondary N) is 2. The molecule has 1 saturated carbocycles. The van der Waals surface area contributed by atoms with Crippen LogP contribution in [0.15, 0.2) is 48.5 Å². The summed E-state index contributed by atoms with van der Waals surface area (Å²) >= 11 is 0. The van der Waals surface area contributed by atoms with Crippen molar-refractivity contribution in [2.24, 2.45) is 5.92 Å². The maximum Gasteiger partial charge on any atom is 0.257 e. The zero-order chi connectivity index (χ0) is 22.7. The van der Waals surface area contributed by atoms with Crippen molar-refractivity contribution in [3.05, 3.63) is 65.7 Å². The minimum atomic E-state index is -0.838. The van der Waals surface area contributed by atoms with Gasteiger partial charge in [-0.2, -0.15) is 0 Å². The van der Waals surface area contributed by atoms with Crippen LogP contribution in [0.5, 0.6) is 0 Å². The van der Waals surface area contributed by atoms with E-state index in [1.165, 1.54) is 6.07 Å². The van der Waals surface area contributed by atoms with E-state index in [4.69, 9.17) is 4.98 Å². The highest BCUT2D eigenvalue weighted by Gasteiger charge is 2.24. The number of carbonyl (C=O) groups excluding carboxylic acids is 1. The first-order valence-corrected chi connectivity index (χ1v) is 11.0. The number of para-hydroxylation sites is 1. The van der Waals surface area contributed by atoms with E-state index in [0.29, 0.717) is 12.6 Å². The number of carbonyl (C=O) groups is 1. The number of aromatic nitrogens is 1. The molecule has 1 aliphatic rings. The number of hydrogen-bond donors (Lipinski definition) is 2. The zero-order valence-corrected chi connectivity index (χ0v) is 18.4. The summed E-state index contributed by atoms with van der Waals surface area (Å²) in [4.78, 5) is 19.1. The van der Waals surface area contributed by atoms with E-state index >= 15 is 0 Å². The van der Waals surface area contributed by atoms with Crippen LogP contribution in [0.1, 0.15) is 36.0 Å². The molecular weight excluding hydrogens is 410 g/mol. The van der Waals surface area contributed by atoms with Crippen molar-refractivity contribution in [2.75, 3.05) is 30.9 Å². The van der Waals surface area contributed by atoms with Crippen molar-refractivity contribution >= 4 is 28.3 Å². The summed E-state index contributed by atoms with van der Waals surface area (Å²) in [7, 11) is 4.05. The Morgan fingerprint density at radius 1 is 1.03 bits per heavy atom. The van der Waals surface area contributed by atoms with Crippen LogP contribution in [-0.2, 0) is 0 Å². The maximum atomic E-state index is 13.8. The highest BCUT2D eigenvalue weighted by Crippen LogP contribution is 2.30. The quantitative estimate of drug-likeness (QED) is 0.570. The zero-order valence-electron chi connectivity index (χ0n) is 18.4. The fourth-order valence-electron chi connectivity index (χ4n) is 4.36. The number of nitrogens with zero attached hydrogens (tertiary/aromatic N) is 2. The van der Waals surface area contributed by atoms with Crippen LogP contribution in [0.2, 0.25) is 0 Å². The second kappa shape index (κ2) is 9.51. The van der Waals surface area contributed by atoms with E-state index in [0.717, 1.165) is 60.2 Å². The van der Waals surface area contributed by atoms with E-state index in [-0.39, 0.29) is 5.92 Å². The lowest BCUT2D eigenvalue weighted by Gasteiger charge is -2.30. The monoisotopic (exact) mass is 438 g/mol. The van der Waals surface area contributed by atoms with Gasteiger partial charge >= 0.3 is 0 Å². The Kier molecular flexibility index (Phi) is 6.53. The third kappa shape index (κ3) is 4.82. The molecule has 2 N–H and O–H groups in total. The Morgan fingerprint density at radius 3 is 2.41 bits per heavy atom. The predicted molar refractivity (Wildman–Crippen MR) is 124 cm³/mol. The molecule has 1 amide bonds. The minimum Gasteiger partial charge on any atom is -0.377 e. The Labute approximate surface area is 186 Å². The van der Waals surface area contributed by atoms with Crippen molar-refractivity contribution in [3.63, 3.8) is 0 Å². The Bertz CT molecular complexity index is 1090. The molecular formula is C25H28F2N4O. The maximum absolute atomic E-state index is 13.8. The molecule has 1 heterocycles.